The molecule has 4 rings (SSSR count). The summed E-state index contributed by atoms with van der Waals surface area (Å²) in [4.78, 5) is 14.1. The van der Waals surface area contributed by atoms with Gasteiger partial charge in [0.15, 0.2) is 15.4 Å². The van der Waals surface area contributed by atoms with E-state index in [0.717, 1.165) is 5.56 Å². The lowest BCUT2D eigenvalue weighted by Gasteiger charge is -2.22. The molecule has 1 unspecified atom stereocenters. The van der Waals surface area contributed by atoms with Gasteiger partial charge >= 0.3 is 0 Å². The second kappa shape index (κ2) is 7.06. The van der Waals surface area contributed by atoms with E-state index < -0.39 is 0 Å². The van der Waals surface area contributed by atoms with Gasteiger partial charge in [-0.1, -0.05) is 26.0 Å². The summed E-state index contributed by atoms with van der Waals surface area (Å²) in [5.74, 6) is 0.208. The van der Waals surface area contributed by atoms with Crippen LogP contribution < -0.4 is 0 Å². The molecule has 0 saturated heterocycles. The Kier molecular flexibility index (Phi) is 4.75. The molecule has 0 N–H and O–H groups in total. The fourth-order valence-corrected chi connectivity index (χ4v) is 6.49. The standard InChI is InChI=1S/C24H23OS2/c1-17-16-27(23-7-5-4-6-21(17)23)20-10-8-18(9-11-20)22(25)14-24(2,3)19-12-13-26-15-19/h4-13,15-16H,14H2,1-3H3/q+1. The molecule has 1 nitrogen and oxygen atoms in total. The number of fused-ring (bicyclic) bond motifs is 1. The fraction of sp³-hybridized carbons (Fsp3) is 0.208. The summed E-state index contributed by atoms with van der Waals surface area (Å²) in [7, 11) is -0.0325. The lowest BCUT2D eigenvalue weighted by molar-refractivity contribution is 0.0958. The van der Waals surface area contributed by atoms with Crippen LogP contribution in [0.4, 0.5) is 0 Å². The van der Waals surface area contributed by atoms with Gasteiger partial charge in [-0.25, -0.2) is 0 Å². The van der Waals surface area contributed by atoms with Crippen molar-refractivity contribution in [2.45, 2.75) is 32.6 Å². The van der Waals surface area contributed by atoms with E-state index in [1.165, 1.54) is 26.1 Å². The Bertz CT molecular complexity index is 1080. The maximum absolute atomic E-state index is 12.8. The molecule has 0 fully saturated rings. The first-order valence-electron chi connectivity index (χ1n) is 9.12. The molecule has 4 aromatic rings. The van der Waals surface area contributed by atoms with Crippen LogP contribution in [-0.2, 0) is 5.41 Å². The summed E-state index contributed by atoms with van der Waals surface area (Å²) >= 11 is 1.68. The van der Waals surface area contributed by atoms with Crippen LogP contribution in [0.5, 0.6) is 0 Å². The summed E-state index contributed by atoms with van der Waals surface area (Å²) in [6, 6.07) is 19.0. The second-order valence-electron chi connectivity index (χ2n) is 7.66. The lowest BCUT2D eigenvalue weighted by atomic mass is 9.80. The molecule has 3 heteroatoms. The summed E-state index contributed by atoms with van der Waals surface area (Å²) in [6.45, 7) is 6.47. The van der Waals surface area contributed by atoms with Crippen LogP contribution in [0.25, 0.3) is 15.0 Å². The van der Waals surface area contributed by atoms with Gasteiger partial charge in [-0.3, -0.25) is 4.79 Å². The minimum absolute atomic E-state index is 0.0325. The number of aryl methyl sites for hydroxylation is 1. The second-order valence-corrected chi connectivity index (χ2v) is 10.3. The first-order chi connectivity index (χ1) is 13.0. The number of hydrogen-bond acceptors (Lipinski definition) is 2. The molecule has 27 heavy (non-hydrogen) atoms. The number of benzene rings is 2. The molecular weight excluding hydrogens is 368 g/mol. The van der Waals surface area contributed by atoms with Gasteiger partial charge in [0, 0.05) is 33.4 Å². The highest BCUT2D eigenvalue weighted by atomic mass is 32.2. The third kappa shape index (κ3) is 3.50. The highest BCUT2D eigenvalue weighted by Crippen LogP contribution is 2.42. The van der Waals surface area contributed by atoms with E-state index in [2.05, 4.69) is 79.4 Å². The van der Waals surface area contributed by atoms with Crippen molar-refractivity contribution in [1.29, 1.82) is 0 Å². The predicted octanol–water partition coefficient (Wildman–Crippen LogP) is 7.50. The largest absolute Gasteiger partial charge is 0.294 e. The minimum Gasteiger partial charge on any atom is -0.294 e. The van der Waals surface area contributed by atoms with E-state index in [1.54, 1.807) is 11.3 Å². The minimum atomic E-state index is -0.137. The Hall–Kier alpha value is -2.23. The van der Waals surface area contributed by atoms with Crippen LogP contribution in [0, 0.1) is 6.92 Å². The molecule has 136 valence electrons. The average Bonchev–Trinajstić information content (AvgIpc) is 3.31. The van der Waals surface area contributed by atoms with Crippen molar-refractivity contribution in [3.8, 4) is 4.90 Å². The van der Waals surface area contributed by atoms with E-state index in [4.69, 9.17) is 0 Å². The number of rotatable bonds is 5. The number of Topliss-reactive ketones (excluding diaryl/α,β-unsaturated/α-hetero) is 1. The molecule has 0 bridgehead atoms. The van der Waals surface area contributed by atoms with Crippen molar-refractivity contribution >= 4 is 37.7 Å². The first-order valence-corrected chi connectivity index (χ1v) is 11.4. The fourth-order valence-electron chi connectivity index (χ4n) is 3.53. The van der Waals surface area contributed by atoms with E-state index in [9.17, 15) is 4.79 Å². The average molecular weight is 392 g/mol. The highest BCUT2D eigenvalue weighted by Gasteiger charge is 2.26. The van der Waals surface area contributed by atoms with Gasteiger partial charge in [0.05, 0.1) is 0 Å². The maximum Gasteiger partial charge on any atom is 0.186 e. The topological polar surface area (TPSA) is 17.1 Å². The van der Waals surface area contributed by atoms with Gasteiger partial charge in [-0.2, -0.15) is 11.3 Å². The predicted molar refractivity (Wildman–Crippen MR) is 119 cm³/mol. The first kappa shape index (κ1) is 18.1. The number of hydrogen-bond donors (Lipinski definition) is 0. The zero-order valence-corrected chi connectivity index (χ0v) is 17.5. The zero-order chi connectivity index (χ0) is 19.0. The van der Waals surface area contributed by atoms with E-state index in [0.29, 0.717) is 6.42 Å². The molecule has 0 aliphatic rings. The summed E-state index contributed by atoms with van der Waals surface area (Å²) < 4.78 is 1.38. The summed E-state index contributed by atoms with van der Waals surface area (Å²) in [5.41, 5.74) is 3.24. The molecule has 2 aromatic carbocycles. The van der Waals surface area contributed by atoms with Crippen molar-refractivity contribution in [3.05, 3.63) is 87.4 Å². The third-order valence-corrected chi connectivity index (χ3v) is 8.06. The highest BCUT2D eigenvalue weighted by molar-refractivity contribution is 7.43. The van der Waals surface area contributed by atoms with E-state index in [-0.39, 0.29) is 21.7 Å². The normalized spacial score (nSPS) is 12.5. The summed E-state index contributed by atoms with van der Waals surface area (Å²) in [6.07, 6.45) is 0.524. The van der Waals surface area contributed by atoms with E-state index in [1.807, 2.05) is 12.1 Å². The van der Waals surface area contributed by atoms with Crippen LogP contribution >= 0.6 is 21.8 Å². The van der Waals surface area contributed by atoms with Gasteiger partial charge in [-0.05, 0) is 71.1 Å². The Labute approximate surface area is 167 Å². The van der Waals surface area contributed by atoms with Crippen LogP contribution in [0.2, 0.25) is 0 Å². The third-order valence-electron chi connectivity index (χ3n) is 5.18. The van der Waals surface area contributed by atoms with Gasteiger partial charge in [-0.15, -0.1) is 0 Å². The molecular formula is C24H23OS2+. The molecule has 0 radical (unpaired) electrons. The van der Waals surface area contributed by atoms with Crippen LogP contribution in [-0.4, -0.2) is 5.78 Å². The molecule has 0 amide bonds. The van der Waals surface area contributed by atoms with Crippen molar-refractivity contribution < 1.29 is 4.79 Å². The van der Waals surface area contributed by atoms with Crippen molar-refractivity contribution in [2.24, 2.45) is 0 Å². The monoisotopic (exact) mass is 391 g/mol. The van der Waals surface area contributed by atoms with Gasteiger partial charge < -0.3 is 0 Å². The Morgan fingerprint density at radius 2 is 1.78 bits per heavy atom. The number of thiophene rings is 2. The maximum atomic E-state index is 12.8. The summed E-state index contributed by atoms with van der Waals surface area (Å²) in [5, 5.41) is 7.91. The van der Waals surface area contributed by atoms with Crippen LogP contribution in [0.15, 0.2) is 70.7 Å². The Morgan fingerprint density at radius 3 is 2.48 bits per heavy atom. The van der Waals surface area contributed by atoms with E-state index >= 15 is 0 Å². The van der Waals surface area contributed by atoms with Gasteiger partial charge in [0.25, 0.3) is 0 Å². The number of carbonyl (C=O) groups is 1. The van der Waals surface area contributed by atoms with Crippen LogP contribution in [0.1, 0.15) is 41.8 Å². The quantitative estimate of drug-likeness (QED) is 0.254. The van der Waals surface area contributed by atoms with Gasteiger partial charge in [0.2, 0.25) is 0 Å². The Morgan fingerprint density at radius 1 is 1.04 bits per heavy atom. The molecule has 2 heterocycles. The molecule has 0 aliphatic carbocycles. The van der Waals surface area contributed by atoms with Crippen LogP contribution in [0.3, 0.4) is 0 Å². The molecule has 0 spiro atoms. The SMILES string of the molecule is Cc1c[s+](-c2ccc(C(=O)CC(C)(C)c3ccsc3)cc2)c2ccccc12. The smallest absolute Gasteiger partial charge is 0.186 e. The molecule has 1 atom stereocenters. The van der Waals surface area contributed by atoms with Gasteiger partial charge in [0.1, 0.15) is 5.38 Å². The molecule has 2 aromatic heterocycles. The zero-order valence-electron chi connectivity index (χ0n) is 15.9. The van der Waals surface area contributed by atoms with Crippen molar-refractivity contribution in [3.63, 3.8) is 0 Å². The molecule has 0 aliphatic heterocycles. The Balaban J connectivity index is 1.59. The number of ketones is 1. The lowest BCUT2D eigenvalue weighted by Crippen LogP contribution is -2.21. The van der Waals surface area contributed by atoms with Crippen molar-refractivity contribution in [2.75, 3.05) is 0 Å². The molecule has 0 saturated carbocycles. The number of carbonyl (C=O) groups excluding carboxylic acids is 1. The van der Waals surface area contributed by atoms with Crippen molar-refractivity contribution in [1.82, 2.24) is 0 Å².